The zero-order valence-electron chi connectivity index (χ0n) is 23.0. The fraction of sp³-hybridized carbons (Fsp3) is 0.312. The number of H-pyrrole nitrogens is 1. The van der Waals surface area contributed by atoms with Crippen LogP contribution in [-0.4, -0.2) is 60.3 Å². The van der Waals surface area contributed by atoms with E-state index in [0.29, 0.717) is 31.2 Å². The number of carbonyl (C=O) groups is 1. The number of sulfone groups is 1. The molecule has 4 aromatic rings. The minimum absolute atomic E-state index is 0.164. The van der Waals surface area contributed by atoms with Crippen molar-refractivity contribution in [3.8, 4) is 22.4 Å². The quantitative estimate of drug-likeness (QED) is 0.288. The summed E-state index contributed by atoms with van der Waals surface area (Å²) in [5.74, 6) is 1.28. The van der Waals surface area contributed by atoms with Crippen LogP contribution < -0.4 is 10.6 Å². The molecule has 0 spiro atoms. The Morgan fingerprint density at radius 1 is 0.878 bits per heavy atom. The molecule has 0 bridgehead atoms. The molecule has 0 aliphatic carbocycles. The number of carbonyl (C=O) groups excluding carboxylic acids is 1. The molecule has 0 radical (unpaired) electrons. The third-order valence-corrected chi connectivity index (χ3v) is 9.58. The number of amides is 1. The Hall–Kier alpha value is -3.79. The zero-order valence-corrected chi connectivity index (χ0v) is 23.8. The average molecular weight is 570 g/mol. The highest BCUT2D eigenvalue weighted by atomic mass is 32.2. The van der Waals surface area contributed by atoms with Gasteiger partial charge in [-0.2, -0.15) is 0 Å². The van der Waals surface area contributed by atoms with Gasteiger partial charge in [-0.05, 0) is 65.9 Å². The maximum absolute atomic E-state index is 12.9. The lowest BCUT2D eigenvalue weighted by Crippen LogP contribution is -2.39. The van der Waals surface area contributed by atoms with E-state index in [9.17, 15) is 13.2 Å². The third kappa shape index (κ3) is 6.75. The fourth-order valence-corrected chi connectivity index (χ4v) is 6.74. The Morgan fingerprint density at radius 2 is 1.54 bits per heavy atom. The van der Waals surface area contributed by atoms with Gasteiger partial charge < -0.3 is 15.6 Å². The summed E-state index contributed by atoms with van der Waals surface area (Å²) in [5.41, 5.74) is 6.63. The normalized spacial score (nSPS) is 19.1. The second kappa shape index (κ2) is 12.0. The number of aromatic nitrogens is 2. The maximum Gasteiger partial charge on any atom is 0.255 e. The first-order chi connectivity index (χ1) is 19.9. The van der Waals surface area contributed by atoms with Crippen molar-refractivity contribution in [2.24, 2.45) is 0 Å². The molecular formula is C32H35N5O3S. The molecule has 1 unspecified atom stereocenters. The molecule has 1 aromatic heterocycles. The summed E-state index contributed by atoms with van der Waals surface area (Å²) in [6.45, 7) is 2.86. The van der Waals surface area contributed by atoms with Gasteiger partial charge in [-0.3, -0.25) is 9.69 Å². The van der Waals surface area contributed by atoms with Gasteiger partial charge in [-0.25, -0.2) is 13.4 Å². The molecule has 3 N–H and O–H groups in total. The SMILES string of the molecule is O=C(Nc1ccc(CN2CCS(=O)(=O)CC2)cc1)c1ccc(-c2ccc(-c3cnc(C4CCCCN4)[nH]3)cc2)cc1. The van der Waals surface area contributed by atoms with E-state index < -0.39 is 9.84 Å². The van der Waals surface area contributed by atoms with Crippen molar-refractivity contribution in [3.63, 3.8) is 0 Å². The molecule has 9 heteroatoms. The van der Waals surface area contributed by atoms with Gasteiger partial charge in [-0.1, -0.05) is 55.0 Å². The van der Waals surface area contributed by atoms with Gasteiger partial charge in [0.1, 0.15) is 5.82 Å². The summed E-state index contributed by atoms with van der Waals surface area (Å²) < 4.78 is 23.3. The van der Waals surface area contributed by atoms with Gasteiger partial charge in [0.25, 0.3) is 5.91 Å². The lowest BCUT2D eigenvalue weighted by molar-refractivity contribution is 0.102. The maximum atomic E-state index is 12.9. The topological polar surface area (TPSA) is 107 Å². The predicted octanol–water partition coefficient (Wildman–Crippen LogP) is 5.04. The van der Waals surface area contributed by atoms with Gasteiger partial charge >= 0.3 is 0 Å². The van der Waals surface area contributed by atoms with Crippen LogP contribution in [-0.2, 0) is 16.4 Å². The van der Waals surface area contributed by atoms with Crippen LogP contribution in [0.4, 0.5) is 5.69 Å². The molecule has 2 aliphatic heterocycles. The van der Waals surface area contributed by atoms with Crippen LogP contribution in [0, 0.1) is 0 Å². The van der Waals surface area contributed by atoms with E-state index in [-0.39, 0.29) is 17.4 Å². The summed E-state index contributed by atoms with van der Waals surface area (Å²) in [7, 11) is -2.88. The first-order valence-electron chi connectivity index (χ1n) is 14.2. The number of benzene rings is 3. The van der Waals surface area contributed by atoms with Crippen LogP contribution in [0.15, 0.2) is 79.0 Å². The minimum atomic E-state index is -2.88. The highest BCUT2D eigenvalue weighted by molar-refractivity contribution is 7.91. The lowest BCUT2D eigenvalue weighted by atomic mass is 10.0. The van der Waals surface area contributed by atoms with E-state index >= 15 is 0 Å². The van der Waals surface area contributed by atoms with Crippen molar-refractivity contribution in [1.29, 1.82) is 0 Å². The van der Waals surface area contributed by atoms with E-state index in [4.69, 9.17) is 0 Å². The van der Waals surface area contributed by atoms with Gasteiger partial charge in [0.15, 0.2) is 9.84 Å². The second-order valence-corrected chi connectivity index (χ2v) is 13.2. The number of anilines is 1. The molecule has 8 nitrogen and oxygen atoms in total. The van der Waals surface area contributed by atoms with Gasteiger partial charge in [0.05, 0.1) is 29.4 Å². The Labute approximate surface area is 241 Å². The van der Waals surface area contributed by atoms with E-state index in [2.05, 4.69) is 49.8 Å². The molecule has 6 rings (SSSR count). The lowest BCUT2D eigenvalue weighted by Gasteiger charge is -2.26. The minimum Gasteiger partial charge on any atom is -0.341 e. The Balaban J connectivity index is 1.04. The third-order valence-electron chi connectivity index (χ3n) is 7.97. The van der Waals surface area contributed by atoms with E-state index in [1.54, 1.807) is 0 Å². The molecular weight excluding hydrogens is 534 g/mol. The van der Waals surface area contributed by atoms with Crippen LogP contribution in [0.3, 0.4) is 0 Å². The molecule has 2 fully saturated rings. The van der Waals surface area contributed by atoms with E-state index in [1.807, 2.05) is 54.7 Å². The number of hydrogen-bond donors (Lipinski definition) is 3. The summed E-state index contributed by atoms with van der Waals surface area (Å²) in [5, 5.41) is 6.50. The Morgan fingerprint density at radius 3 is 2.20 bits per heavy atom. The largest absolute Gasteiger partial charge is 0.341 e. The van der Waals surface area contributed by atoms with E-state index in [0.717, 1.165) is 52.4 Å². The molecule has 2 saturated heterocycles. The number of nitrogens with one attached hydrogen (secondary N) is 3. The number of hydrogen-bond acceptors (Lipinski definition) is 6. The van der Waals surface area contributed by atoms with Crippen molar-refractivity contribution in [1.82, 2.24) is 20.2 Å². The smallest absolute Gasteiger partial charge is 0.255 e. The van der Waals surface area contributed by atoms with Gasteiger partial charge in [0.2, 0.25) is 0 Å². The first-order valence-corrected chi connectivity index (χ1v) is 16.1. The van der Waals surface area contributed by atoms with Crippen LogP contribution in [0.5, 0.6) is 0 Å². The van der Waals surface area contributed by atoms with Crippen LogP contribution >= 0.6 is 0 Å². The Bertz CT molecular complexity index is 1580. The number of piperidine rings is 1. The summed E-state index contributed by atoms with van der Waals surface area (Å²) >= 11 is 0. The van der Waals surface area contributed by atoms with Crippen LogP contribution in [0.25, 0.3) is 22.4 Å². The molecule has 0 saturated carbocycles. The number of aromatic amines is 1. The van der Waals surface area contributed by atoms with Crippen LogP contribution in [0.1, 0.15) is 47.1 Å². The zero-order chi connectivity index (χ0) is 28.2. The molecule has 2 aliphatic rings. The van der Waals surface area contributed by atoms with E-state index in [1.165, 1.54) is 12.8 Å². The molecule has 3 aromatic carbocycles. The van der Waals surface area contributed by atoms with Crippen molar-refractivity contribution in [2.45, 2.75) is 31.8 Å². The predicted molar refractivity (Wildman–Crippen MR) is 162 cm³/mol. The molecule has 1 amide bonds. The second-order valence-electron chi connectivity index (χ2n) is 10.9. The summed E-state index contributed by atoms with van der Waals surface area (Å²) in [4.78, 5) is 23.1. The van der Waals surface area contributed by atoms with Crippen molar-refractivity contribution >= 4 is 21.4 Å². The standard InChI is InChI=1S/C32H35N5O3S/c38-32(35-28-14-4-23(5-15-28)22-37-17-19-41(39,40)20-18-37)27-12-8-25(9-13-27)24-6-10-26(11-7-24)30-21-34-31(36-30)29-3-1-2-16-33-29/h4-15,21,29,33H,1-3,16-20,22H2,(H,34,36)(H,35,38). The molecule has 3 heterocycles. The summed E-state index contributed by atoms with van der Waals surface area (Å²) in [6, 6.07) is 24.0. The average Bonchev–Trinajstić information content (AvgIpc) is 3.50. The molecule has 1 atom stereocenters. The highest BCUT2D eigenvalue weighted by Crippen LogP contribution is 2.27. The monoisotopic (exact) mass is 569 g/mol. The van der Waals surface area contributed by atoms with Gasteiger partial charge in [-0.15, -0.1) is 0 Å². The molecule has 212 valence electrons. The number of rotatable bonds is 7. The van der Waals surface area contributed by atoms with Crippen molar-refractivity contribution < 1.29 is 13.2 Å². The first kappa shape index (κ1) is 27.4. The van der Waals surface area contributed by atoms with Crippen molar-refractivity contribution in [2.75, 3.05) is 36.5 Å². The number of imidazole rings is 1. The van der Waals surface area contributed by atoms with Crippen molar-refractivity contribution in [3.05, 3.63) is 95.9 Å². The summed E-state index contributed by atoms with van der Waals surface area (Å²) in [6.07, 6.45) is 5.48. The Kier molecular flexibility index (Phi) is 8.00. The number of nitrogens with zero attached hydrogens (tertiary/aromatic N) is 2. The van der Waals surface area contributed by atoms with Crippen LogP contribution in [0.2, 0.25) is 0 Å². The molecule has 41 heavy (non-hydrogen) atoms. The van der Waals surface area contributed by atoms with Gasteiger partial charge in [0, 0.05) is 30.9 Å². The highest BCUT2D eigenvalue weighted by Gasteiger charge is 2.21. The fourth-order valence-electron chi connectivity index (χ4n) is 5.47.